The molecule has 1 aliphatic rings. The van der Waals surface area contributed by atoms with Gasteiger partial charge in [0.1, 0.15) is 11.5 Å². The third-order valence-electron chi connectivity index (χ3n) is 4.62. The van der Waals surface area contributed by atoms with Gasteiger partial charge in [0, 0.05) is 23.6 Å². The second-order valence-corrected chi connectivity index (χ2v) is 6.60. The van der Waals surface area contributed by atoms with Crippen LogP contribution in [0.2, 0.25) is 0 Å². The zero-order valence-electron chi connectivity index (χ0n) is 14.5. The van der Waals surface area contributed by atoms with Gasteiger partial charge in [-0.1, -0.05) is 36.6 Å². The van der Waals surface area contributed by atoms with Crippen LogP contribution >= 0.6 is 0 Å². The van der Waals surface area contributed by atoms with Gasteiger partial charge in [0.15, 0.2) is 0 Å². The van der Waals surface area contributed by atoms with Gasteiger partial charge in [0.25, 0.3) is 0 Å². The van der Waals surface area contributed by atoms with Crippen molar-refractivity contribution in [2.24, 2.45) is 9.98 Å². The smallest absolute Gasteiger partial charge is 0.124 e. The second kappa shape index (κ2) is 7.97. The Bertz CT molecular complexity index is 783. The van der Waals surface area contributed by atoms with Gasteiger partial charge in [-0.2, -0.15) is 0 Å². The van der Waals surface area contributed by atoms with Gasteiger partial charge in [-0.25, -0.2) is 0 Å². The molecule has 0 bridgehead atoms. The highest BCUT2D eigenvalue weighted by atomic mass is 16.3. The maximum atomic E-state index is 9.96. The van der Waals surface area contributed by atoms with Crippen molar-refractivity contribution in [3.05, 3.63) is 59.2 Å². The van der Waals surface area contributed by atoms with E-state index in [4.69, 9.17) is 4.99 Å². The van der Waals surface area contributed by atoms with Crippen LogP contribution in [0.3, 0.4) is 0 Å². The second-order valence-electron chi connectivity index (χ2n) is 6.60. The van der Waals surface area contributed by atoms with Crippen molar-refractivity contribution in [3.8, 4) is 11.5 Å². The molecule has 1 aliphatic carbocycles. The first-order chi connectivity index (χ1) is 12.1. The number of phenolic OH excluding ortho intramolecular Hbond substituents is 2. The van der Waals surface area contributed by atoms with Gasteiger partial charge in [-0.05, 0) is 44.0 Å². The lowest BCUT2D eigenvalue weighted by Gasteiger charge is -2.25. The Morgan fingerprint density at radius 1 is 0.840 bits per heavy atom. The molecule has 3 rings (SSSR count). The average molecular weight is 336 g/mol. The molecule has 1 fully saturated rings. The lowest BCUT2D eigenvalue weighted by Crippen LogP contribution is -2.27. The molecule has 0 saturated heterocycles. The van der Waals surface area contributed by atoms with E-state index in [1.165, 1.54) is 0 Å². The summed E-state index contributed by atoms with van der Waals surface area (Å²) in [6.07, 6.45) is 7.78. The molecule has 2 N–H and O–H groups in total. The summed E-state index contributed by atoms with van der Waals surface area (Å²) < 4.78 is 0. The van der Waals surface area contributed by atoms with E-state index in [9.17, 15) is 10.2 Å². The van der Waals surface area contributed by atoms with Crippen molar-refractivity contribution in [2.45, 2.75) is 44.7 Å². The van der Waals surface area contributed by atoms with Crippen molar-refractivity contribution in [1.82, 2.24) is 0 Å². The van der Waals surface area contributed by atoms with Gasteiger partial charge in [0.2, 0.25) is 0 Å². The molecule has 2 aromatic carbocycles. The minimum absolute atomic E-state index is 0.107. The molecular formula is C21H24N2O2. The van der Waals surface area contributed by atoms with E-state index in [0.29, 0.717) is 0 Å². The van der Waals surface area contributed by atoms with Crippen molar-refractivity contribution in [2.75, 3.05) is 0 Å². The highest BCUT2D eigenvalue weighted by Gasteiger charge is 2.23. The van der Waals surface area contributed by atoms with Gasteiger partial charge < -0.3 is 10.2 Å². The zero-order chi connectivity index (χ0) is 17.6. The van der Waals surface area contributed by atoms with Gasteiger partial charge in [-0.15, -0.1) is 0 Å². The Balaban J connectivity index is 1.76. The number of phenols is 2. The Labute approximate surface area is 148 Å². The van der Waals surface area contributed by atoms with Crippen molar-refractivity contribution in [3.63, 3.8) is 0 Å². The number of para-hydroxylation sites is 1. The molecule has 0 radical (unpaired) electrons. The Kier molecular flexibility index (Phi) is 5.49. The highest BCUT2D eigenvalue weighted by Crippen LogP contribution is 2.25. The molecule has 4 nitrogen and oxygen atoms in total. The number of hydrogen-bond acceptors (Lipinski definition) is 4. The Hall–Kier alpha value is -2.62. The lowest BCUT2D eigenvalue weighted by atomic mass is 9.91. The van der Waals surface area contributed by atoms with E-state index in [-0.39, 0.29) is 23.6 Å². The van der Waals surface area contributed by atoms with Gasteiger partial charge in [0.05, 0.1) is 12.1 Å². The molecule has 2 atom stereocenters. The van der Waals surface area contributed by atoms with Crippen LogP contribution in [0.1, 0.15) is 42.4 Å². The van der Waals surface area contributed by atoms with Crippen LogP contribution in [0.4, 0.5) is 0 Å². The summed E-state index contributed by atoms with van der Waals surface area (Å²) in [5, 5.41) is 19.8. The topological polar surface area (TPSA) is 65.2 Å². The minimum Gasteiger partial charge on any atom is -0.507 e. The predicted octanol–water partition coefficient (Wildman–Crippen LogP) is 4.26. The van der Waals surface area contributed by atoms with Crippen LogP contribution in [0.5, 0.6) is 11.5 Å². The normalized spacial score (nSPS) is 21.2. The van der Waals surface area contributed by atoms with E-state index < -0.39 is 0 Å². The third-order valence-corrected chi connectivity index (χ3v) is 4.62. The molecule has 1 saturated carbocycles. The zero-order valence-corrected chi connectivity index (χ0v) is 14.5. The van der Waals surface area contributed by atoms with E-state index in [0.717, 1.165) is 42.4 Å². The summed E-state index contributed by atoms with van der Waals surface area (Å²) in [6.45, 7) is 2.00. The molecule has 0 amide bonds. The Morgan fingerprint density at radius 3 is 2.12 bits per heavy atom. The summed E-state index contributed by atoms with van der Waals surface area (Å²) in [6, 6.07) is 12.9. The quantitative estimate of drug-likeness (QED) is 0.820. The number of hydrogen-bond donors (Lipinski definition) is 2. The lowest BCUT2D eigenvalue weighted by molar-refractivity contribution is 0.390. The average Bonchev–Trinajstić information content (AvgIpc) is 2.62. The fourth-order valence-corrected chi connectivity index (χ4v) is 3.17. The fourth-order valence-electron chi connectivity index (χ4n) is 3.17. The molecule has 130 valence electrons. The van der Waals surface area contributed by atoms with Crippen molar-refractivity contribution in [1.29, 1.82) is 0 Å². The summed E-state index contributed by atoms with van der Waals surface area (Å²) in [4.78, 5) is 9.40. The fraction of sp³-hybridized carbons (Fsp3) is 0.333. The number of nitrogens with zero attached hydrogens (tertiary/aromatic N) is 2. The van der Waals surface area contributed by atoms with Crippen LogP contribution in [0.15, 0.2) is 52.4 Å². The number of aliphatic imine (C=N–C) groups is 2. The number of aryl methyl sites for hydroxylation is 1. The SMILES string of the molecule is Cc1ccc(O)c(C=N[C@@H]2CCCC[C@H]2N=Cc2ccccc2O)c1. The van der Waals surface area contributed by atoms with Gasteiger partial charge >= 0.3 is 0 Å². The van der Waals surface area contributed by atoms with Gasteiger partial charge in [-0.3, -0.25) is 9.98 Å². The standard InChI is InChI=1S/C21H24N2O2/c1-15-10-11-21(25)17(12-15)14-23-19-8-4-3-7-18(19)22-13-16-6-2-5-9-20(16)24/h2,5-6,9-14,18-19,24-25H,3-4,7-8H2,1H3/t18-,19-/m1/s1. The molecule has 4 heteroatoms. The highest BCUT2D eigenvalue weighted by molar-refractivity contribution is 5.84. The first kappa shape index (κ1) is 17.2. The van der Waals surface area contributed by atoms with Crippen LogP contribution in [0.25, 0.3) is 0 Å². The summed E-state index contributed by atoms with van der Waals surface area (Å²) >= 11 is 0. The monoisotopic (exact) mass is 336 g/mol. The molecule has 0 aromatic heterocycles. The molecule has 2 aromatic rings. The number of aromatic hydroxyl groups is 2. The third kappa shape index (κ3) is 4.47. The van der Waals surface area contributed by atoms with E-state index in [1.54, 1.807) is 30.6 Å². The molecule has 0 aliphatic heterocycles. The largest absolute Gasteiger partial charge is 0.507 e. The Morgan fingerprint density at radius 2 is 1.44 bits per heavy atom. The number of benzene rings is 2. The minimum atomic E-state index is 0.107. The van der Waals surface area contributed by atoms with E-state index in [2.05, 4.69) is 4.99 Å². The molecular weight excluding hydrogens is 312 g/mol. The maximum absolute atomic E-state index is 9.96. The van der Waals surface area contributed by atoms with Crippen LogP contribution < -0.4 is 0 Å². The van der Waals surface area contributed by atoms with Crippen molar-refractivity contribution < 1.29 is 10.2 Å². The molecule has 25 heavy (non-hydrogen) atoms. The molecule has 0 heterocycles. The first-order valence-electron chi connectivity index (χ1n) is 8.77. The van der Waals surface area contributed by atoms with E-state index >= 15 is 0 Å². The molecule has 0 unspecified atom stereocenters. The summed E-state index contributed by atoms with van der Waals surface area (Å²) in [7, 11) is 0. The maximum Gasteiger partial charge on any atom is 0.124 e. The number of rotatable bonds is 4. The van der Waals surface area contributed by atoms with Crippen LogP contribution in [-0.2, 0) is 0 Å². The van der Waals surface area contributed by atoms with Crippen molar-refractivity contribution >= 4 is 12.4 Å². The van der Waals surface area contributed by atoms with Crippen LogP contribution in [0, 0.1) is 6.92 Å². The first-order valence-corrected chi connectivity index (χ1v) is 8.77. The molecule has 0 spiro atoms. The summed E-state index contributed by atoms with van der Waals surface area (Å²) in [5.74, 6) is 0.492. The van der Waals surface area contributed by atoms with Crippen LogP contribution in [-0.4, -0.2) is 34.7 Å². The summed E-state index contributed by atoms with van der Waals surface area (Å²) in [5.41, 5.74) is 2.57. The van der Waals surface area contributed by atoms with E-state index in [1.807, 2.05) is 31.2 Å². The predicted molar refractivity (Wildman–Crippen MR) is 102 cm³/mol.